The second-order valence-electron chi connectivity index (χ2n) is 6.37. The number of hydrogen-bond acceptors (Lipinski definition) is 6. The van der Waals surface area contributed by atoms with Crippen molar-refractivity contribution in [2.75, 3.05) is 7.05 Å². The Hall–Kier alpha value is -3.59. The Morgan fingerprint density at radius 3 is 2.68 bits per heavy atom. The number of halogens is 1. The van der Waals surface area contributed by atoms with Gasteiger partial charge in [0.05, 0.1) is 17.8 Å². The molecule has 0 aliphatic heterocycles. The SMILES string of the molecule is Cc1ccc(-c2nc3ccc(F)cn3c2Cc2noc(C(=O)N(C)O)n2)cc1. The van der Waals surface area contributed by atoms with Crippen molar-refractivity contribution in [3.8, 4) is 11.3 Å². The van der Waals surface area contributed by atoms with E-state index in [1.807, 2.05) is 31.2 Å². The van der Waals surface area contributed by atoms with Gasteiger partial charge in [-0.3, -0.25) is 10.0 Å². The van der Waals surface area contributed by atoms with Gasteiger partial charge in [0.15, 0.2) is 5.82 Å². The van der Waals surface area contributed by atoms with E-state index in [4.69, 9.17) is 4.52 Å². The number of benzene rings is 1. The maximum atomic E-state index is 13.8. The molecule has 4 rings (SSSR count). The lowest BCUT2D eigenvalue weighted by Gasteiger charge is -2.04. The van der Waals surface area contributed by atoms with E-state index in [2.05, 4.69) is 15.1 Å². The van der Waals surface area contributed by atoms with Gasteiger partial charge in [-0.15, -0.1) is 0 Å². The molecule has 1 amide bonds. The van der Waals surface area contributed by atoms with Crippen LogP contribution in [-0.2, 0) is 6.42 Å². The third-order valence-corrected chi connectivity index (χ3v) is 4.28. The fraction of sp³-hybridized carbons (Fsp3) is 0.158. The first-order valence-electron chi connectivity index (χ1n) is 8.45. The van der Waals surface area contributed by atoms with Crippen molar-refractivity contribution in [1.29, 1.82) is 0 Å². The molecule has 9 heteroatoms. The number of aryl methyl sites for hydroxylation is 1. The lowest BCUT2D eigenvalue weighted by Crippen LogP contribution is -2.22. The maximum Gasteiger partial charge on any atom is 0.335 e. The van der Waals surface area contributed by atoms with Crippen molar-refractivity contribution in [3.05, 3.63) is 71.4 Å². The Balaban J connectivity index is 1.80. The van der Waals surface area contributed by atoms with Crippen molar-refractivity contribution < 1.29 is 18.9 Å². The number of rotatable bonds is 4. The Morgan fingerprint density at radius 1 is 1.21 bits per heavy atom. The number of carbonyl (C=O) groups excluding carboxylic acids is 1. The molecule has 0 saturated carbocycles. The smallest absolute Gasteiger partial charge is 0.328 e. The van der Waals surface area contributed by atoms with E-state index >= 15 is 0 Å². The molecule has 0 bridgehead atoms. The number of amides is 1. The summed E-state index contributed by atoms with van der Waals surface area (Å²) < 4.78 is 20.4. The van der Waals surface area contributed by atoms with Crippen LogP contribution in [0.5, 0.6) is 0 Å². The number of fused-ring (bicyclic) bond motifs is 1. The molecule has 142 valence electrons. The van der Waals surface area contributed by atoms with Crippen molar-refractivity contribution >= 4 is 11.6 Å². The van der Waals surface area contributed by atoms with E-state index in [1.54, 1.807) is 10.5 Å². The van der Waals surface area contributed by atoms with Crippen LogP contribution in [0.2, 0.25) is 0 Å². The topological polar surface area (TPSA) is 96.8 Å². The van der Waals surface area contributed by atoms with Gasteiger partial charge in [0, 0.05) is 18.8 Å². The highest BCUT2D eigenvalue weighted by molar-refractivity contribution is 5.88. The van der Waals surface area contributed by atoms with Gasteiger partial charge >= 0.3 is 11.8 Å². The highest BCUT2D eigenvalue weighted by atomic mass is 19.1. The molecule has 0 aliphatic carbocycles. The van der Waals surface area contributed by atoms with Crippen LogP contribution < -0.4 is 0 Å². The predicted octanol–water partition coefficient (Wildman–Crippen LogP) is 2.88. The zero-order chi connectivity index (χ0) is 19.8. The molecular weight excluding hydrogens is 365 g/mol. The minimum absolute atomic E-state index is 0.153. The number of hydrogen-bond donors (Lipinski definition) is 1. The molecule has 0 atom stereocenters. The molecule has 3 heterocycles. The number of nitrogens with zero attached hydrogens (tertiary/aromatic N) is 5. The first-order chi connectivity index (χ1) is 13.4. The van der Waals surface area contributed by atoms with Crippen molar-refractivity contribution in [3.63, 3.8) is 0 Å². The fourth-order valence-electron chi connectivity index (χ4n) is 2.88. The number of imidazole rings is 1. The van der Waals surface area contributed by atoms with E-state index in [-0.39, 0.29) is 18.1 Å². The monoisotopic (exact) mass is 381 g/mol. The number of aromatic nitrogens is 4. The average Bonchev–Trinajstić information content (AvgIpc) is 3.27. The van der Waals surface area contributed by atoms with E-state index in [1.165, 1.54) is 12.3 Å². The van der Waals surface area contributed by atoms with E-state index in [9.17, 15) is 14.4 Å². The van der Waals surface area contributed by atoms with Crippen molar-refractivity contribution in [2.45, 2.75) is 13.3 Å². The molecule has 0 saturated heterocycles. The second-order valence-corrected chi connectivity index (χ2v) is 6.37. The van der Waals surface area contributed by atoms with Gasteiger partial charge in [-0.1, -0.05) is 35.0 Å². The summed E-state index contributed by atoms with van der Waals surface area (Å²) >= 11 is 0. The lowest BCUT2D eigenvalue weighted by atomic mass is 10.1. The van der Waals surface area contributed by atoms with Crippen LogP contribution >= 0.6 is 0 Å². The standard InChI is InChI=1S/C19H16FN5O3/c1-11-3-5-12(6-4-11)17-14(25-10-13(20)7-8-16(25)22-17)9-15-21-18(28-23-15)19(26)24(2)27/h3-8,10,27H,9H2,1-2H3. The Kier molecular flexibility index (Phi) is 4.36. The Morgan fingerprint density at radius 2 is 1.96 bits per heavy atom. The molecule has 4 aromatic rings. The summed E-state index contributed by atoms with van der Waals surface area (Å²) in [6, 6.07) is 10.7. The molecule has 0 spiro atoms. The minimum atomic E-state index is -0.818. The molecule has 8 nitrogen and oxygen atoms in total. The van der Waals surface area contributed by atoms with Gasteiger partial charge in [-0.25, -0.2) is 14.4 Å². The summed E-state index contributed by atoms with van der Waals surface area (Å²) in [5, 5.41) is 13.4. The van der Waals surface area contributed by atoms with E-state index in [0.29, 0.717) is 22.1 Å². The molecule has 3 aromatic heterocycles. The van der Waals surface area contributed by atoms with Crippen LogP contribution in [-0.4, -0.2) is 42.8 Å². The fourth-order valence-corrected chi connectivity index (χ4v) is 2.88. The van der Waals surface area contributed by atoms with Crippen molar-refractivity contribution in [2.24, 2.45) is 0 Å². The van der Waals surface area contributed by atoms with Gasteiger partial charge < -0.3 is 8.92 Å². The normalized spacial score (nSPS) is 11.1. The van der Waals surface area contributed by atoms with Gasteiger partial charge in [-0.2, -0.15) is 4.98 Å². The summed E-state index contributed by atoms with van der Waals surface area (Å²) in [4.78, 5) is 20.4. The van der Waals surface area contributed by atoms with E-state index < -0.39 is 11.7 Å². The summed E-state index contributed by atoms with van der Waals surface area (Å²) in [5.74, 6) is -1.35. The average molecular weight is 381 g/mol. The quantitative estimate of drug-likeness (QED) is 0.431. The van der Waals surface area contributed by atoms with Crippen molar-refractivity contribution in [1.82, 2.24) is 24.6 Å². The summed E-state index contributed by atoms with van der Waals surface area (Å²) in [7, 11) is 1.16. The molecule has 0 aliphatic rings. The van der Waals surface area contributed by atoms with Gasteiger partial charge in [0.1, 0.15) is 11.5 Å². The highest BCUT2D eigenvalue weighted by Crippen LogP contribution is 2.27. The predicted molar refractivity (Wildman–Crippen MR) is 96.3 cm³/mol. The third kappa shape index (κ3) is 3.23. The zero-order valence-corrected chi connectivity index (χ0v) is 15.1. The Bertz CT molecular complexity index is 1160. The molecule has 0 unspecified atom stereocenters. The number of pyridine rings is 1. The van der Waals surface area contributed by atoms with Gasteiger partial charge in [-0.05, 0) is 19.1 Å². The van der Waals surface area contributed by atoms with Crippen LogP contribution in [0.15, 0.2) is 47.1 Å². The van der Waals surface area contributed by atoms with E-state index in [0.717, 1.165) is 18.2 Å². The van der Waals surface area contributed by atoms with Crippen LogP contribution in [0.3, 0.4) is 0 Å². The maximum absolute atomic E-state index is 13.8. The minimum Gasteiger partial charge on any atom is -0.328 e. The van der Waals surface area contributed by atoms with Crippen LogP contribution in [0.25, 0.3) is 16.9 Å². The summed E-state index contributed by atoms with van der Waals surface area (Å²) in [5.41, 5.74) is 3.84. The molecule has 0 fully saturated rings. The van der Waals surface area contributed by atoms with Gasteiger partial charge in [0.25, 0.3) is 0 Å². The molecule has 1 aromatic carbocycles. The molecular formula is C19H16FN5O3. The van der Waals surface area contributed by atoms with Crippen LogP contribution in [0.1, 0.15) is 27.8 Å². The highest BCUT2D eigenvalue weighted by Gasteiger charge is 2.21. The first kappa shape index (κ1) is 17.8. The first-order valence-corrected chi connectivity index (χ1v) is 8.45. The third-order valence-electron chi connectivity index (χ3n) is 4.28. The lowest BCUT2D eigenvalue weighted by molar-refractivity contribution is -0.0407. The summed E-state index contributed by atoms with van der Waals surface area (Å²) in [6.45, 7) is 1.99. The second kappa shape index (κ2) is 6.86. The number of hydroxylamine groups is 2. The van der Waals surface area contributed by atoms with Crippen LogP contribution in [0.4, 0.5) is 4.39 Å². The molecule has 28 heavy (non-hydrogen) atoms. The molecule has 1 N–H and O–H groups in total. The largest absolute Gasteiger partial charge is 0.335 e. The zero-order valence-electron chi connectivity index (χ0n) is 15.1. The van der Waals surface area contributed by atoms with Gasteiger partial charge in [0.2, 0.25) is 0 Å². The molecule has 0 radical (unpaired) electrons. The summed E-state index contributed by atoms with van der Waals surface area (Å²) in [6.07, 6.45) is 1.49. The Labute approximate surface area is 158 Å². The van der Waals surface area contributed by atoms with Crippen LogP contribution in [0, 0.1) is 12.7 Å². The number of carbonyl (C=O) groups is 1.